The number of fused-ring (bicyclic) bond motifs is 3. The monoisotopic (exact) mass is 400 g/mol. The van der Waals surface area contributed by atoms with Gasteiger partial charge in [-0.3, -0.25) is 0 Å². The second-order valence-electron chi connectivity index (χ2n) is 6.11. The van der Waals surface area contributed by atoms with Crippen LogP contribution < -0.4 is 0 Å². The van der Waals surface area contributed by atoms with E-state index in [1.54, 1.807) is 12.5 Å². The molecule has 2 heteroatoms. The molecule has 5 rings (SSSR count). The molecule has 1 aromatic heterocycles. The number of rotatable bonds is 1. The maximum Gasteiger partial charge on any atom is 2.00 e. The predicted octanol–water partition coefficient (Wildman–Crippen LogP) is 5.73. The van der Waals surface area contributed by atoms with Gasteiger partial charge in [0.2, 0.25) is 0 Å². The zero-order chi connectivity index (χ0) is 16.4. The van der Waals surface area contributed by atoms with Crippen LogP contribution in [-0.2, 0) is 32.6 Å². The molecule has 1 atom stereocenters. The average molecular weight is 402 g/mol. The molecule has 120 valence electrons. The first kappa shape index (κ1) is 17.9. The van der Waals surface area contributed by atoms with Gasteiger partial charge >= 0.3 is 26.2 Å². The Hall–Kier alpha value is -1.92. The Labute approximate surface area is 168 Å². The number of furan rings is 1. The predicted molar refractivity (Wildman–Crippen MR) is 97.2 cm³/mol. The van der Waals surface area contributed by atoms with Crippen LogP contribution in [0.3, 0.4) is 0 Å². The van der Waals surface area contributed by atoms with Crippen LogP contribution in [0.1, 0.15) is 23.6 Å². The third-order valence-corrected chi connectivity index (χ3v) is 4.38. The summed E-state index contributed by atoms with van der Waals surface area (Å²) < 4.78 is 4.97. The topological polar surface area (TPSA) is 13.1 Å². The van der Waals surface area contributed by atoms with Gasteiger partial charge in [-0.2, -0.15) is 47.6 Å². The smallest absolute Gasteiger partial charge is 0.486 e. The van der Waals surface area contributed by atoms with Crippen molar-refractivity contribution in [3.63, 3.8) is 0 Å². The summed E-state index contributed by atoms with van der Waals surface area (Å²) in [6.45, 7) is 2.11. The van der Waals surface area contributed by atoms with Crippen molar-refractivity contribution >= 4 is 5.57 Å². The van der Waals surface area contributed by atoms with E-state index in [0.717, 1.165) is 17.6 Å². The molecule has 25 heavy (non-hydrogen) atoms. The van der Waals surface area contributed by atoms with E-state index < -0.39 is 0 Å². The van der Waals surface area contributed by atoms with Crippen LogP contribution in [0.25, 0.3) is 16.7 Å². The third-order valence-electron chi connectivity index (χ3n) is 4.38. The fourth-order valence-electron chi connectivity index (χ4n) is 3.18. The molecule has 1 unspecified atom stereocenters. The minimum Gasteiger partial charge on any atom is -0.486 e. The molecule has 2 aliphatic carbocycles. The molecule has 3 aromatic rings. The van der Waals surface area contributed by atoms with Gasteiger partial charge in [0.25, 0.3) is 0 Å². The number of benzene rings is 2. The Morgan fingerprint density at radius 1 is 1.04 bits per heavy atom. The minimum absolute atomic E-state index is 0. The Morgan fingerprint density at radius 2 is 1.88 bits per heavy atom. The summed E-state index contributed by atoms with van der Waals surface area (Å²) in [6, 6.07) is 20.1. The SMILES string of the molecule is CC1[C-]=C(c2ccoc2)C=C1.[Zr+2].[c-]1cccc2c1Cc1ccccc1-2. The molecule has 1 heterocycles. The van der Waals surface area contributed by atoms with Crippen LogP contribution in [0.2, 0.25) is 0 Å². The number of allylic oxidation sites excluding steroid dienone is 4. The quantitative estimate of drug-likeness (QED) is 0.371. The summed E-state index contributed by atoms with van der Waals surface area (Å²) in [5.74, 6) is 0.444. The van der Waals surface area contributed by atoms with E-state index in [1.165, 1.54) is 22.3 Å². The fraction of sp³-hybridized carbons (Fsp3) is 0.130. The van der Waals surface area contributed by atoms with Gasteiger partial charge in [-0.1, -0.05) is 59.9 Å². The van der Waals surface area contributed by atoms with E-state index in [1.807, 2.05) is 12.1 Å². The summed E-state index contributed by atoms with van der Waals surface area (Å²) in [4.78, 5) is 0. The molecule has 2 aliphatic rings. The van der Waals surface area contributed by atoms with Crippen LogP contribution in [0.15, 0.2) is 77.6 Å². The van der Waals surface area contributed by atoms with E-state index in [0.29, 0.717) is 5.92 Å². The van der Waals surface area contributed by atoms with Crippen LogP contribution in [0.5, 0.6) is 0 Å². The Kier molecular flexibility index (Phi) is 5.71. The summed E-state index contributed by atoms with van der Waals surface area (Å²) in [7, 11) is 0. The maximum absolute atomic E-state index is 4.97. The summed E-state index contributed by atoms with van der Waals surface area (Å²) in [6.07, 6.45) is 12.0. The van der Waals surface area contributed by atoms with Crippen molar-refractivity contribution in [2.75, 3.05) is 0 Å². The van der Waals surface area contributed by atoms with Gasteiger partial charge in [0.1, 0.15) is 0 Å². The molecule has 0 spiro atoms. The van der Waals surface area contributed by atoms with Gasteiger partial charge in [-0.05, 0) is 6.42 Å². The van der Waals surface area contributed by atoms with Gasteiger partial charge in [-0.15, -0.1) is 11.6 Å². The van der Waals surface area contributed by atoms with Gasteiger partial charge in [0, 0.05) is 6.26 Å². The first-order valence-corrected chi connectivity index (χ1v) is 8.23. The molecule has 0 radical (unpaired) electrons. The van der Waals surface area contributed by atoms with Crippen LogP contribution in [0, 0.1) is 18.1 Å². The molecular formula is C23H18OZr. The Morgan fingerprint density at radius 3 is 2.64 bits per heavy atom. The molecule has 0 saturated heterocycles. The standard InChI is InChI=1S/C13H9.C10H9O.Zr/c1-3-7-12-10(5-1)9-11-6-2-4-8-13(11)12;1-8-2-3-9(6-8)10-4-5-11-7-10;/h1-5,7-8H,9H2;2-5,7-8H,1H3;/q2*-1;+2. The first-order valence-electron chi connectivity index (χ1n) is 8.23. The van der Waals surface area contributed by atoms with Crippen molar-refractivity contribution in [2.45, 2.75) is 13.3 Å². The average Bonchev–Trinajstić information content (AvgIpc) is 3.34. The fourth-order valence-corrected chi connectivity index (χ4v) is 3.18. The molecule has 0 N–H and O–H groups in total. The molecule has 0 aliphatic heterocycles. The number of hydrogen-bond acceptors (Lipinski definition) is 1. The molecule has 0 bridgehead atoms. The zero-order valence-electron chi connectivity index (χ0n) is 14.1. The van der Waals surface area contributed by atoms with Gasteiger partial charge in [0.05, 0.1) is 6.26 Å². The van der Waals surface area contributed by atoms with E-state index in [9.17, 15) is 0 Å². The van der Waals surface area contributed by atoms with Crippen LogP contribution in [0.4, 0.5) is 0 Å². The Bertz CT molecular complexity index is 860. The van der Waals surface area contributed by atoms with Crippen molar-refractivity contribution < 1.29 is 30.6 Å². The zero-order valence-corrected chi connectivity index (χ0v) is 16.6. The second-order valence-corrected chi connectivity index (χ2v) is 6.11. The maximum atomic E-state index is 4.97. The van der Waals surface area contributed by atoms with Crippen molar-refractivity contribution in [3.05, 3.63) is 102 Å². The van der Waals surface area contributed by atoms with Crippen molar-refractivity contribution in [1.82, 2.24) is 0 Å². The van der Waals surface area contributed by atoms with Gasteiger partial charge in [0.15, 0.2) is 0 Å². The second kappa shape index (κ2) is 7.98. The van der Waals surface area contributed by atoms with Crippen LogP contribution in [-0.4, -0.2) is 0 Å². The Balaban J connectivity index is 0.000000142. The van der Waals surface area contributed by atoms with Gasteiger partial charge in [-0.25, -0.2) is 0 Å². The van der Waals surface area contributed by atoms with E-state index >= 15 is 0 Å². The summed E-state index contributed by atoms with van der Waals surface area (Å²) in [5.41, 5.74) is 7.77. The van der Waals surface area contributed by atoms with Gasteiger partial charge < -0.3 is 4.42 Å². The van der Waals surface area contributed by atoms with Crippen molar-refractivity contribution in [2.24, 2.45) is 5.92 Å². The normalized spacial score (nSPS) is 16.2. The van der Waals surface area contributed by atoms with Crippen molar-refractivity contribution in [3.8, 4) is 11.1 Å². The van der Waals surface area contributed by atoms with E-state index in [2.05, 4.69) is 67.6 Å². The molecule has 2 aromatic carbocycles. The van der Waals surface area contributed by atoms with Crippen LogP contribution >= 0.6 is 0 Å². The molecule has 1 nitrogen and oxygen atoms in total. The molecule has 0 fully saturated rings. The van der Waals surface area contributed by atoms with E-state index in [-0.39, 0.29) is 26.2 Å². The molecule has 0 saturated carbocycles. The first-order chi connectivity index (χ1) is 11.8. The minimum atomic E-state index is 0. The van der Waals surface area contributed by atoms with E-state index in [4.69, 9.17) is 4.42 Å². The number of hydrogen-bond donors (Lipinski definition) is 0. The summed E-state index contributed by atoms with van der Waals surface area (Å²) >= 11 is 0. The third kappa shape index (κ3) is 3.85. The van der Waals surface area contributed by atoms with Crippen molar-refractivity contribution in [1.29, 1.82) is 0 Å². The molecular weight excluding hydrogens is 383 g/mol. The largest absolute Gasteiger partial charge is 2.00 e. The molecule has 0 amide bonds. The summed E-state index contributed by atoms with van der Waals surface area (Å²) in [5, 5.41) is 0.